The highest BCUT2D eigenvalue weighted by molar-refractivity contribution is 6.23. The van der Waals surface area contributed by atoms with Crippen molar-refractivity contribution in [1.82, 2.24) is 0 Å². The molecule has 5 rings (SSSR count). The number of phenolic OH excluding ortho intramolecular Hbond substituents is 1. The Morgan fingerprint density at radius 2 is 1.61 bits per heavy atom. The molecule has 0 aliphatic heterocycles. The first kappa shape index (κ1) is 24.0. The number of phenols is 1. The first-order valence-corrected chi connectivity index (χ1v) is 11.9. The van der Waals surface area contributed by atoms with Crippen molar-refractivity contribution < 1.29 is 34.8 Å². The maximum absolute atomic E-state index is 14.0. The van der Waals surface area contributed by atoms with Crippen molar-refractivity contribution >= 4 is 23.1 Å². The molecule has 1 fully saturated rings. The summed E-state index contributed by atoms with van der Waals surface area (Å²) >= 11 is 0. The van der Waals surface area contributed by atoms with Crippen molar-refractivity contribution in [2.24, 2.45) is 10.8 Å². The molecule has 0 amide bonds. The van der Waals surface area contributed by atoms with E-state index in [0.29, 0.717) is 5.56 Å². The van der Waals surface area contributed by atoms with Gasteiger partial charge in [-0.1, -0.05) is 44.2 Å². The van der Waals surface area contributed by atoms with Gasteiger partial charge in [0.05, 0.1) is 5.56 Å². The normalized spacial score (nSPS) is 29.6. The molecule has 0 radical (unpaired) electrons. The van der Waals surface area contributed by atoms with Crippen LogP contribution in [0.2, 0.25) is 0 Å². The minimum absolute atomic E-state index is 0.0743. The second kappa shape index (κ2) is 7.40. The van der Waals surface area contributed by atoms with E-state index in [4.69, 9.17) is 0 Å². The van der Waals surface area contributed by atoms with Crippen LogP contribution in [0.3, 0.4) is 0 Å². The number of fused-ring (bicyclic) bond motifs is 3. The maximum atomic E-state index is 14.0. The van der Waals surface area contributed by atoms with Crippen molar-refractivity contribution in [1.29, 1.82) is 0 Å². The van der Waals surface area contributed by atoms with Crippen LogP contribution in [0.15, 0.2) is 53.3 Å². The van der Waals surface area contributed by atoms with Crippen molar-refractivity contribution in [3.8, 4) is 16.9 Å². The molecule has 4 N–H and O–H groups in total. The Morgan fingerprint density at radius 1 is 0.944 bits per heavy atom. The number of Topliss-reactive ketones (excluding diaryl/α,β-unsaturated/α-hetero) is 3. The second-order valence-electron chi connectivity index (χ2n) is 10.9. The van der Waals surface area contributed by atoms with Gasteiger partial charge in [0.15, 0.2) is 17.2 Å². The van der Waals surface area contributed by atoms with Crippen LogP contribution in [-0.4, -0.2) is 43.4 Å². The van der Waals surface area contributed by atoms with Gasteiger partial charge in [-0.05, 0) is 55.0 Å². The molecule has 0 heterocycles. The van der Waals surface area contributed by atoms with Gasteiger partial charge in [-0.2, -0.15) is 0 Å². The monoisotopic (exact) mass is 488 g/mol. The Labute approximate surface area is 208 Å². The molecule has 3 aliphatic rings. The van der Waals surface area contributed by atoms with Crippen molar-refractivity contribution in [3.63, 3.8) is 0 Å². The number of carbonyl (C=O) groups is 3. The van der Waals surface area contributed by atoms with Gasteiger partial charge < -0.3 is 20.4 Å². The molecule has 1 saturated carbocycles. The second-order valence-corrected chi connectivity index (χ2v) is 10.9. The minimum atomic E-state index is -2.56. The van der Waals surface area contributed by atoms with Crippen LogP contribution in [-0.2, 0) is 20.8 Å². The number of hydrogen-bond acceptors (Lipinski definition) is 7. The predicted molar refractivity (Wildman–Crippen MR) is 132 cm³/mol. The fraction of sp³-hybridized carbons (Fsp3) is 0.345. The highest BCUT2D eigenvalue weighted by atomic mass is 16.3. The molecule has 0 spiro atoms. The molecule has 36 heavy (non-hydrogen) atoms. The van der Waals surface area contributed by atoms with Crippen LogP contribution in [0.1, 0.15) is 50.3 Å². The number of aliphatic hydroxyl groups excluding tert-OH is 2. The Balaban J connectivity index is 1.80. The summed E-state index contributed by atoms with van der Waals surface area (Å²) in [6.07, 6.45) is 0.00968. The van der Waals surface area contributed by atoms with E-state index in [1.165, 1.54) is 6.07 Å². The number of aryl methyl sites for hydroxylation is 1. The van der Waals surface area contributed by atoms with E-state index in [1.807, 2.05) is 31.2 Å². The quantitative estimate of drug-likeness (QED) is 0.464. The zero-order valence-electron chi connectivity index (χ0n) is 20.6. The van der Waals surface area contributed by atoms with E-state index >= 15 is 0 Å². The Kier molecular flexibility index (Phi) is 4.93. The van der Waals surface area contributed by atoms with Gasteiger partial charge in [0.2, 0.25) is 5.78 Å². The standard InChI is InChI=1S/C29H28O7/c1-14-7-5-6-8-16(14)17-9-10-19(31)22-18(17)11-27(3)13-28(4)12-20(32)21(15(2)30)25(34)29(28,36)26(35)23(27)24(22)33/h5-10,31,33-34,36H,11-13H2,1-4H3/t27-,28+,29+/m0/s1. The minimum Gasteiger partial charge on any atom is -0.508 e. The molecule has 2 aromatic rings. The lowest BCUT2D eigenvalue weighted by Crippen LogP contribution is -2.65. The third-order valence-electron chi connectivity index (χ3n) is 8.34. The highest BCUT2D eigenvalue weighted by Crippen LogP contribution is 2.63. The first-order chi connectivity index (χ1) is 16.8. The zero-order chi connectivity index (χ0) is 26.4. The molecule has 3 aliphatic carbocycles. The molecule has 7 nitrogen and oxygen atoms in total. The average Bonchev–Trinajstić information content (AvgIpc) is 2.76. The van der Waals surface area contributed by atoms with Gasteiger partial charge in [0, 0.05) is 22.8 Å². The van der Waals surface area contributed by atoms with Gasteiger partial charge in [-0.3, -0.25) is 14.4 Å². The van der Waals surface area contributed by atoms with E-state index in [9.17, 15) is 34.8 Å². The maximum Gasteiger partial charge on any atom is 0.203 e. The largest absolute Gasteiger partial charge is 0.508 e. The fourth-order valence-electron chi connectivity index (χ4n) is 6.78. The lowest BCUT2D eigenvalue weighted by molar-refractivity contribution is -0.164. The Bertz CT molecular complexity index is 1460. The first-order valence-electron chi connectivity index (χ1n) is 11.9. The lowest BCUT2D eigenvalue weighted by Gasteiger charge is -2.56. The van der Waals surface area contributed by atoms with E-state index in [-0.39, 0.29) is 36.1 Å². The van der Waals surface area contributed by atoms with Gasteiger partial charge in [0.25, 0.3) is 0 Å². The summed E-state index contributed by atoms with van der Waals surface area (Å²) < 4.78 is 0. The molecule has 2 aromatic carbocycles. The molecular weight excluding hydrogens is 460 g/mol. The molecule has 3 atom stereocenters. The summed E-state index contributed by atoms with van der Waals surface area (Å²) in [7, 11) is 0. The van der Waals surface area contributed by atoms with E-state index in [1.54, 1.807) is 19.9 Å². The molecule has 7 heteroatoms. The van der Waals surface area contributed by atoms with Crippen LogP contribution in [0.4, 0.5) is 0 Å². The fourth-order valence-corrected chi connectivity index (χ4v) is 6.78. The lowest BCUT2D eigenvalue weighted by atomic mass is 9.47. The van der Waals surface area contributed by atoms with Crippen LogP contribution in [0, 0.1) is 17.8 Å². The van der Waals surface area contributed by atoms with Gasteiger partial charge in [-0.25, -0.2) is 0 Å². The van der Waals surface area contributed by atoms with E-state index < -0.39 is 50.9 Å². The number of allylic oxidation sites excluding steroid dienone is 1. The third-order valence-corrected chi connectivity index (χ3v) is 8.34. The summed E-state index contributed by atoms with van der Waals surface area (Å²) in [4.78, 5) is 38.9. The summed E-state index contributed by atoms with van der Waals surface area (Å²) in [6, 6.07) is 10.9. The van der Waals surface area contributed by atoms with Crippen LogP contribution in [0.5, 0.6) is 5.75 Å². The van der Waals surface area contributed by atoms with Gasteiger partial charge >= 0.3 is 0 Å². The number of aliphatic hydroxyl groups is 3. The van der Waals surface area contributed by atoms with Crippen LogP contribution < -0.4 is 0 Å². The summed E-state index contributed by atoms with van der Waals surface area (Å²) in [6.45, 7) is 6.38. The molecule has 0 bridgehead atoms. The number of rotatable bonds is 2. The van der Waals surface area contributed by atoms with Gasteiger partial charge in [0.1, 0.15) is 22.8 Å². The third kappa shape index (κ3) is 2.86. The smallest absolute Gasteiger partial charge is 0.203 e. The number of benzene rings is 2. The summed E-state index contributed by atoms with van der Waals surface area (Å²) in [5.41, 5.74) is -2.25. The van der Waals surface area contributed by atoms with E-state index in [2.05, 4.69) is 0 Å². The number of hydrogen-bond donors (Lipinski definition) is 4. The highest BCUT2D eigenvalue weighted by Gasteiger charge is 2.68. The average molecular weight is 489 g/mol. The van der Waals surface area contributed by atoms with Crippen molar-refractivity contribution in [2.45, 2.75) is 52.6 Å². The SMILES string of the molecule is CC(=O)C1=C(O)[C@@]2(O)C(=O)C3=C(O)c4c(O)ccc(-c5ccccc5C)c4C[C@@]3(C)C[C@@]2(C)CC1=O. The number of ketones is 3. The Morgan fingerprint density at radius 3 is 2.25 bits per heavy atom. The van der Waals surface area contributed by atoms with Crippen LogP contribution in [0.25, 0.3) is 16.9 Å². The summed E-state index contributed by atoms with van der Waals surface area (Å²) in [5, 5.41) is 44.9. The van der Waals surface area contributed by atoms with Crippen molar-refractivity contribution in [2.75, 3.05) is 0 Å². The zero-order valence-corrected chi connectivity index (χ0v) is 20.6. The van der Waals surface area contributed by atoms with Gasteiger partial charge in [-0.15, -0.1) is 0 Å². The number of aromatic hydroxyl groups is 1. The molecule has 0 unspecified atom stereocenters. The van der Waals surface area contributed by atoms with E-state index in [0.717, 1.165) is 23.6 Å². The van der Waals surface area contributed by atoms with Crippen molar-refractivity contribution in [3.05, 3.63) is 70.0 Å². The predicted octanol–water partition coefficient (Wildman–Crippen LogP) is 4.28. The van der Waals surface area contributed by atoms with Crippen LogP contribution >= 0.6 is 0 Å². The Hall–Kier alpha value is -3.71. The topological polar surface area (TPSA) is 132 Å². The molecular formula is C29H28O7. The summed E-state index contributed by atoms with van der Waals surface area (Å²) in [5.74, 6) is -4.00. The molecule has 0 aromatic heterocycles. The molecule has 0 saturated heterocycles. The molecule has 186 valence electrons. The number of carbonyl (C=O) groups excluding carboxylic acids is 3.